The van der Waals surface area contributed by atoms with Crippen LogP contribution in [0.3, 0.4) is 0 Å². The molecule has 3 heterocycles. The Hall–Kier alpha value is -4.40. The van der Waals surface area contributed by atoms with E-state index in [9.17, 15) is 0 Å². The molecule has 3 aromatic rings. The summed E-state index contributed by atoms with van der Waals surface area (Å²) in [6.07, 6.45) is 6.04. The normalized spacial score (nSPS) is 15.9. The van der Waals surface area contributed by atoms with Gasteiger partial charge in [-0.25, -0.2) is 0 Å². The number of guanidine groups is 2. The minimum atomic E-state index is 0.126. The predicted molar refractivity (Wildman–Crippen MR) is 153 cm³/mol. The van der Waals surface area contributed by atoms with Gasteiger partial charge in [0.2, 0.25) is 0 Å². The summed E-state index contributed by atoms with van der Waals surface area (Å²) in [5.41, 5.74) is 18.2. The highest BCUT2D eigenvalue weighted by Gasteiger charge is 2.20. The molecule has 9 heteroatoms. The lowest BCUT2D eigenvalue weighted by atomic mass is 9.98. The monoisotopic (exact) mass is 509 g/mol. The van der Waals surface area contributed by atoms with E-state index in [1.807, 2.05) is 9.80 Å². The SMILES string of the molecule is CC(C)n1c(-c2ccc(C3=CCN(C(=N)N)CC3)cc2)nnc1-c1ccc(C2=CCN(C(=N)N)CC2)cc1. The first-order chi connectivity index (χ1) is 18.3. The molecule has 5 rings (SSSR count). The topological polar surface area (TPSA) is 137 Å². The largest absolute Gasteiger partial charge is 0.370 e. The second-order valence-electron chi connectivity index (χ2n) is 10.1. The fourth-order valence-electron chi connectivity index (χ4n) is 5.14. The van der Waals surface area contributed by atoms with Crippen molar-refractivity contribution in [3.63, 3.8) is 0 Å². The Morgan fingerprint density at radius 3 is 1.34 bits per heavy atom. The molecule has 2 aromatic carbocycles. The van der Waals surface area contributed by atoms with Gasteiger partial charge < -0.3 is 25.8 Å². The number of aromatic nitrogens is 3. The molecule has 2 aliphatic heterocycles. The number of hydrogen-bond donors (Lipinski definition) is 4. The van der Waals surface area contributed by atoms with E-state index in [1.165, 1.54) is 22.3 Å². The van der Waals surface area contributed by atoms with Crippen molar-refractivity contribution in [1.82, 2.24) is 24.6 Å². The molecule has 0 aliphatic carbocycles. The summed E-state index contributed by atoms with van der Waals surface area (Å²) in [6, 6.07) is 17.2. The van der Waals surface area contributed by atoms with E-state index in [1.54, 1.807) is 0 Å². The number of nitrogens with two attached hydrogens (primary N) is 2. The Bertz CT molecular complexity index is 1290. The second kappa shape index (κ2) is 10.5. The average Bonchev–Trinajstić information content (AvgIpc) is 3.39. The zero-order chi connectivity index (χ0) is 26.8. The van der Waals surface area contributed by atoms with Gasteiger partial charge in [-0.05, 0) is 49.0 Å². The van der Waals surface area contributed by atoms with E-state index in [4.69, 9.17) is 22.3 Å². The summed E-state index contributed by atoms with van der Waals surface area (Å²) in [4.78, 5) is 3.73. The lowest BCUT2D eigenvalue weighted by molar-refractivity contribution is 0.451. The summed E-state index contributed by atoms with van der Waals surface area (Å²) in [5, 5.41) is 24.4. The Morgan fingerprint density at radius 1 is 0.684 bits per heavy atom. The van der Waals surface area contributed by atoms with Crippen LogP contribution in [0.15, 0.2) is 60.7 Å². The molecule has 0 amide bonds. The fourth-order valence-corrected chi connectivity index (χ4v) is 5.14. The van der Waals surface area contributed by atoms with E-state index >= 15 is 0 Å². The van der Waals surface area contributed by atoms with Crippen molar-refractivity contribution in [2.45, 2.75) is 32.7 Å². The van der Waals surface area contributed by atoms with Gasteiger partial charge in [0.25, 0.3) is 0 Å². The van der Waals surface area contributed by atoms with E-state index in [0.717, 1.165) is 48.7 Å². The third-order valence-electron chi connectivity index (χ3n) is 7.34. The van der Waals surface area contributed by atoms with Gasteiger partial charge in [0, 0.05) is 43.3 Å². The van der Waals surface area contributed by atoms with Crippen LogP contribution in [-0.2, 0) is 0 Å². The fraction of sp³-hybridized carbons (Fsp3) is 0.310. The van der Waals surface area contributed by atoms with Crippen LogP contribution in [-0.4, -0.2) is 62.7 Å². The Kier molecular flexibility index (Phi) is 7.00. The molecule has 0 radical (unpaired) electrons. The molecule has 9 nitrogen and oxygen atoms in total. The summed E-state index contributed by atoms with van der Waals surface area (Å²) < 4.78 is 2.19. The number of benzene rings is 2. The van der Waals surface area contributed by atoms with Crippen molar-refractivity contribution < 1.29 is 0 Å². The predicted octanol–water partition coefficient (Wildman–Crippen LogP) is 4.16. The molecule has 196 valence electrons. The minimum Gasteiger partial charge on any atom is -0.370 e. The van der Waals surface area contributed by atoms with E-state index in [0.29, 0.717) is 13.1 Å². The smallest absolute Gasteiger partial charge is 0.188 e. The molecule has 0 atom stereocenters. The molecule has 0 spiro atoms. The van der Waals surface area contributed by atoms with Crippen LogP contribution in [0.2, 0.25) is 0 Å². The van der Waals surface area contributed by atoms with Gasteiger partial charge in [-0.1, -0.05) is 60.7 Å². The number of rotatable bonds is 5. The third-order valence-corrected chi connectivity index (χ3v) is 7.34. The van der Waals surface area contributed by atoms with Gasteiger partial charge in [0.05, 0.1) is 0 Å². The van der Waals surface area contributed by atoms with Crippen molar-refractivity contribution in [3.05, 3.63) is 71.8 Å². The van der Waals surface area contributed by atoms with Gasteiger partial charge in [-0.3, -0.25) is 10.8 Å². The molecule has 0 unspecified atom stereocenters. The Balaban J connectivity index is 1.37. The van der Waals surface area contributed by atoms with Crippen molar-refractivity contribution in [2.24, 2.45) is 11.5 Å². The lowest BCUT2D eigenvalue weighted by Gasteiger charge is -2.26. The first-order valence-electron chi connectivity index (χ1n) is 13.0. The molecule has 0 fully saturated rings. The standard InChI is InChI=1S/C29H35N9/c1-19(2)38-26(24-7-3-20(4-8-24)22-11-15-36(16-12-22)28(30)31)34-35-27(38)25-9-5-21(6-10-25)23-13-17-37(18-14-23)29(32)33/h3-11,13,19H,12,14-18H2,1-2H3,(H3,30,31)(H3,32,33). The van der Waals surface area contributed by atoms with Crippen molar-refractivity contribution in [2.75, 3.05) is 26.2 Å². The van der Waals surface area contributed by atoms with Crippen LogP contribution in [0.25, 0.3) is 33.9 Å². The number of nitrogens with one attached hydrogen (secondary N) is 2. The van der Waals surface area contributed by atoms with Crippen LogP contribution in [0.5, 0.6) is 0 Å². The number of nitrogens with zero attached hydrogens (tertiary/aromatic N) is 5. The highest BCUT2D eigenvalue weighted by molar-refractivity contribution is 5.78. The van der Waals surface area contributed by atoms with E-state index in [2.05, 4.69) is 89.3 Å². The van der Waals surface area contributed by atoms with Crippen molar-refractivity contribution >= 4 is 23.1 Å². The van der Waals surface area contributed by atoms with Crippen LogP contribution in [0.1, 0.15) is 43.9 Å². The van der Waals surface area contributed by atoms with Crippen molar-refractivity contribution in [3.8, 4) is 22.8 Å². The zero-order valence-electron chi connectivity index (χ0n) is 22.0. The summed E-state index contributed by atoms with van der Waals surface area (Å²) in [5.74, 6) is 1.96. The van der Waals surface area contributed by atoms with Gasteiger partial charge >= 0.3 is 0 Å². The quantitative estimate of drug-likeness (QED) is 0.301. The first kappa shape index (κ1) is 25.3. The summed E-state index contributed by atoms with van der Waals surface area (Å²) in [7, 11) is 0. The summed E-state index contributed by atoms with van der Waals surface area (Å²) in [6.45, 7) is 7.18. The van der Waals surface area contributed by atoms with Crippen LogP contribution in [0, 0.1) is 10.8 Å². The molecule has 0 saturated heterocycles. The molecular weight excluding hydrogens is 474 g/mol. The zero-order valence-corrected chi connectivity index (χ0v) is 22.0. The highest BCUT2D eigenvalue weighted by Crippen LogP contribution is 2.31. The highest BCUT2D eigenvalue weighted by atomic mass is 15.3. The van der Waals surface area contributed by atoms with E-state index < -0.39 is 0 Å². The maximum atomic E-state index is 7.62. The maximum absolute atomic E-state index is 7.62. The Morgan fingerprint density at radius 2 is 1.05 bits per heavy atom. The molecular formula is C29H35N9. The number of hydrogen-bond acceptors (Lipinski definition) is 4. The molecule has 1 aromatic heterocycles. The Labute approximate surface area is 223 Å². The lowest BCUT2D eigenvalue weighted by Crippen LogP contribution is -2.39. The minimum absolute atomic E-state index is 0.126. The van der Waals surface area contributed by atoms with E-state index in [-0.39, 0.29) is 18.0 Å². The molecule has 0 saturated carbocycles. The van der Waals surface area contributed by atoms with Gasteiger partial charge in [-0.2, -0.15) is 0 Å². The molecule has 2 aliphatic rings. The molecule has 0 bridgehead atoms. The first-order valence-corrected chi connectivity index (χ1v) is 13.0. The van der Waals surface area contributed by atoms with Gasteiger partial charge in [0.15, 0.2) is 23.6 Å². The van der Waals surface area contributed by atoms with Crippen LogP contribution >= 0.6 is 0 Å². The second-order valence-corrected chi connectivity index (χ2v) is 10.1. The third kappa shape index (κ3) is 5.04. The molecule has 38 heavy (non-hydrogen) atoms. The average molecular weight is 510 g/mol. The van der Waals surface area contributed by atoms with Gasteiger partial charge in [-0.15, -0.1) is 10.2 Å². The maximum Gasteiger partial charge on any atom is 0.188 e. The van der Waals surface area contributed by atoms with Crippen LogP contribution in [0.4, 0.5) is 0 Å². The van der Waals surface area contributed by atoms with Crippen molar-refractivity contribution in [1.29, 1.82) is 10.8 Å². The van der Waals surface area contributed by atoms with Gasteiger partial charge in [0.1, 0.15) is 0 Å². The summed E-state index contributed by atoms with van der Waals surface area (Å²) >= 11 is 0. The van der Waals surface area contributed by atoms with Crippen LogP contribution < -0.4 is 11.5 Å². The molecule has 6 N–H and O–H groups in total.